The summed E-state index contributed by atoms with van der Waals surface area (Å²) >= 11 is 7.70. The van der Waals surface area contributed by atoms with Crippen molar-refractivity contribution in [3.63, 3.8) is 0 Å². The molecule has 0 spiro atoms. The molecule has 0 radical (unpaired) electrons. The largest absolute Gasteiger partial charge is 0.376 e. The monoisotopic (exact) mass is 245 g/mol. The lowest BCUT2D eigenvalue weighted by atomic mass is 10.1. The molecule has 2 rings (SSSR count). The molecule has 0 bridgehead atoms. The highest BCUT2D eigenvalue weighted by atomic mass is 35.5. The van der Waals surface area contributed by atoms with Gasteiger partial charge in [-0.2, -0.15) is 0 Å². The van der Waals surface area contributed by atoms with Crippen LogP contribution in [-0.4, -0.2) is 12.7 Å². The second kappa shape index (κ2) is 4.83. The first-order valence-electron chi connectivity index (χ1n) is 5.34. The Bertz CT molecular complexity index is 324. The normalized spacial score (nSPS) is 20.2. The van der Waals surface area contributed by atoms with E-state index in [2.05, 4.69) is 0 Å². The molecule has 2 nitrogen and oxygen atoms in total. The predicted molar refractivity (Wildman–Crippen MR) is 64.4 cm³/mol. The van der Waals surface area contributed by atoms with Crippen molar-refractivity contribution in [1.82, 2.24) is 0 Å². The molecule has 0 aromatic carbocycles. The Kier molecular flexibility index (Phi) is 3.67. The molecule has 2 N–H and O–H groups in total. The van der Waals surface area contributed by atoms with Gasteiger partial charge in [0.05, 0.1) is 17.2 Å². The summed E-state index contributed by atoms with van der Waals surface area (Å²) in [6, 6.07) is 1.84. The van der Waals surface area contributed by atoms with E-state index in [-0.39, 0.29) is 12.1 Å². The highest BCUT2D eigenvalue weighted by molar-refractivity contribution is 7.10. The number of ether oxygens (including phenoxy) is 1. The molecule has 1 aromatic rings. The van der Waals surface area contributed by atoms with Crippen LogP contribution in [0, 0.1) is 5.92 Å². The van der Waals surface area contributed by atoms with Gasteiger partial charge in [0.25, 0.3) is 0 Å². The average Bonchev–Trinajstić information content (AvgIpc) is 2.97. The fourth-order valence-corrected chi connectivity index (χ4v) is 3.06. The fraction of sp³-hybridized carbons (Fsp3) is 0.636. The zero-order valence-electron chi connectivity index (χ0n) is 8.78. The first-order chi connectivity index (χ1) is 7.24. The Morgan fingerprint density at radius 3 is 2.87 bits per heavy atom. The quantitative estimate of drug-likeness (QED) is 0.865. The van der Waals surface area contributed by atoms with Crippen molar-refractivity contribution in [3.05, 3.63) is 21.3 Å². The first kappa shape index (κ1) is 11.4. The second-order valence-corrected chi connectivity index (χ2v) is 5.27. The Morgan fingerprint density at radius 2 is 2.40 bits per heavy atom. The summed E-state index contributed by atoms with van der Waals surface area (Å²) in [5.74, 6) is 0.637. The number of rotatable bonds is 5. The van der Waals surface area contributed by atoms with Crippen LogP contribution >= 0.6 is 22.9 Å². The Balaban J connectivity index is 2.10. The van der Waals surface area contributed by atoms with Crippen LogP contribution in [0.15, 0.2) is 11.4 Å². The summed E-state index contributed by atoms with van der Waals surface area (Å²) in [5, 5.41) is 2.76. The highest BCUT2D eigenvalue weighted by Gasteiger charge is 2.37. The van der Waals surface area contributed by atoms with Gasteiger partial charge in [0, 0.05) is 11.5 Å². The van der Waals surface area contributed by atoms with Gasteiger partial charge in [0.2, 0.25) is 0 Å². The molecule has 84 valence electrons. The van der Waals surface area contributed by atoms with Gasteiger partial charge in [-0.1, -0.05) is 11.6 Å². The minimum atomic E-state index is -0.0649. The molecule has 1 aliphatic carbocycles. The Labute approximate surface area is 99.4 Å². The molecule has 1 saturated carbocycles. The van der Waals surface area contributed by atoms with E-state index in [1.54, 1.807) is 11.3 Å². The van der Waals surface area contributed by atoms with Gasteiger partial charge in [-0.3, -0.25) is 0 Å². The third-order valence-electron chi connectivity index (χ3n) is 2.75. The third kappa shape index (κ3) is 2.53. The molecule has 0 saturated heterocycles. The van der Waals surface area contributed by atoms with Crippen LogP contribution in [0.2, 0.25) is 5.02 Å². The van der Waals surface area contributed by atoms with Crippen molar-refractivity contribution in [2.75, 3.05) is 6.61 Å². The SMILES string of the molecule is CCOC(C1CC1)C(N)c1sccc1Cl. The van der Waals surface area contributed by atoms with E-state index in [4.69, 9.17) is 22.1 Å². The molecular weight excluding hydrogens is 230 g/mol. The van der Waals surface area contributed by atoms with E-state index in [0.29, 0.717) is 5.92 Å². The molecule has 1 fully saturated rings. The van der Waals surface area contributed by atoms with E-state index in [0.717, 1.165) is 16.5 Å². The number of hydrogen-bond donors (Lipinski definition) is 1. The zero-order chi connectivity index (χ0) is 10.8. The van der Waals surface area contributed by atoms with Gasteiger partial charge in [-0.15, -0.1) is 11.3 Å². The Hall–Kier alpha value is -0.0900. The van der Waals surface area contributed by atoms with Gasteiger partial charge in [0.1, 0.15) is 0 Å². The molecule has 2 atom stereocenters. The van der Waals surface area contributed by atoms with Crippen molar-refractivity contribution < 1.29 is 4.74 Å². The van der Waals surface area contributed by atoms with Crippen LogP contribution in [-0.2, 0) is 4.74 Å². The second-order valence-electron chi connectivity index (χ2n) is 3.92. The summed E-state index contributed by atoms with van der Waals surface area (Å²) < 4.78 is 5.73. The maximum absolute atomic E-state index is 6.21. The summed E-state index contributed by atoms with van der Waals surface area (Å²) in [5.41, 5.74) is 6.21. The lowest BCUT2D eigenvalue weighted by molar-refractivity contribution is 0.0291. The van der Waals surface area contributed by atoms with Crippen LogP contribution in [0.25, 0.3) is 0 Å². The van der Waals surface area contributed by atoms with Crippen molar-refractivity contribution in [2.45, 2.75) is 31.9 Å². The van der Waals surface area contributed by atoms with Crippen LogP contribution in [0.1, 0.15) is 30.7 Å². The van der Waals surface area contributed by atoms with E-state index in [9.17, 15) is 0 Å². The van der Waals surface area contributed by atoms with E-state index < -0.39 is 0 Å². The molecule has 15 heavy (non-hydrogen) atoms. The lowest BCUT2D eigenvalue weighted by Crippen LogP contribution is -2.30. The van der Waals surface area contributed by atoms with Crippen molar-refractivity contribution in [3.8, 4) is 0 Å². The van der Waals surface area contributed by atoms with Crippen LogP contribution < -0.4 is 5.73 Å². The zero-order valence-corrected chi connectivity index (χ0v) is 10.4. The van der Waals surface area contributed by atoms with Crippen LogP contribution in [0.3, 0.4) is 0 Å². The molecule has 0 amide bonds. The smallest absolute Gasteiger partial charge is 0.0804 e. The van der Waals surface area contributed by atoms with Gasteiger partial charge in [-0.25, -0.2) is 0 Å². The third-order valence-corrected chi connectivity index (χ3v) is 4.21. The maximum atomic E-state index is 6.21. The molecule has 1 aromatic heterocycles. The first-order valence-corrected chi connectivity index (χ1v) is 6.60. The van der Waals surface area contributed by atoms with Crippen molar-refractivity contribution >= 4 is 22.9 Å². The average molecular weight is 246 g/mol. The van der Waals surface area contributed by atoms with Crippen molar-refractivity contribution in [2.24, 2.45) is 11.7 Å². The number of halogens is 1. The number of nitrogens with two attached hydrogens (primary N) is 1. The van der Waals surface area contributed by atoms with E-state index in [1.165, 1.54) is 12.8 Å². The number of thiophene rings is 1. The van der Waals surface area contributed by atoms with Crippen molar-refractivity contribution in [1.29, 1.82) is 0 Å². The van der Waals surface area contributed by atoms with Crippen LogP contribution in [0.5, 0.6) is 0 Å². The molecule has 1 heterocycles. The molecular formula is C11H16ClNOS. The highest BCUT2D eigenvalue weighted by Crippen LogP contribution is 2.41. The van der Waals surface area contributed by atoms with Gasteiger partial charge in [-0.05, 0) is 37.1 Å². The predicted octanol–water partition coefficient (Wildman–Crippen LogP) is 3.22. The molecule has 0 aliphatic heterocycles. The molecule has 4 heteroatoms. The van der Waals surface area contributed by atoms with E-state index >= 15 is 0 Å². The summed E-state index contributed by atoms with van der Waals surface area (Å²) in [4.78, 5) is 1.06. The Morgan fingerprint density at radius 1 is 1.67 bits per heavy atom. The summed E-state index contributed by atoms with van der Waals surface area (Å²) in [6.45, 7) is 2.73. The van der Waals surface area contributed by atoms with Gasteiger partial charge in [0.15, 0.2) is 0 Å². The van der Waals surface area contributed by atoms with Gasteiger partial charge < -0.3 is 10.5 Å². The lowest BCUT2D eigenvalue weighted by Gasteiger charge is -2.23. The molecule has 1 aliphatic rings. The summed E-state index contributed by atoms with van der Waals surface area (Å²) in [7, 11) is 0. The summed E-state index contributed by atoms with van der Waals surface area (Å²) in [6.07, 6.45) is 2.62. The minimum Gasteiger partial charge on any atom is -0.376 e. The van der Waals surface area contributed by atoms with Gasteiger partial charge >= 0.3 is 0 Å². The minimum absolute atomic E-state index is 0.0649. The topological polar surface area (TPSA) is 35.2 Å². The molecule has 2 unspecified atom stereocenters. The van der Waals surface area contributed by atoms with Crippen LogP contribution in [0.4, 0.5) is 0 Å². The number of hydrogen-bond acceptors (Lipinski definition) is 3. The fourth-order valence-electron chi connectivity index (χ4n) is 1.84. The maximum Gasteiger partial charge on any atom is 0.0804 e. The standard InChI is InChI=1S/C11H16ClNOS/c1-2-14-10(7-3-4-7)9(13)11-8(12)5-6-15-11/h5-7,9-10H,2-4,13H2,1H3. The van der Waals surface area contributed by atoms with E-state index in [1.807, 2.05) is 18.4 Å².